The van der Waals surface area contributed by atoms with E-state index in [0.29, 0.717) is 18.0 Å². The highest BCUT2D eigenvalue weighted by atomic mass is 16.5. The van der Waals surface area contributed by atoms with Crippen LogP contribution in [0.25, 0.3) is 0 Å². The van der Waals surface area contributed by atoms with Gasteiger partial charge in [0.15, 0.2) is 17.5 Å². The predicted molar refractivity (Wildman–Crippen MR) is 96.1 cm³/mol. The van der Waals surface area contributed by atoms with Crippen LogP contribution in [0.3, 0.4) is 0 Å². The third-order valence-corrected chi connectivity index (χ3v) is 4.76. The molecule has 2 heterocycles. The van der Waals surface area contributed by atoms with Gasteiger partial charge in [-0.1, -0.05) is 36.4 Å². The average Bonchev–Trinajstić information content (AvgIpc) is 3.24. The maximum atomic E-state index is 12.9. The number of benzene rings is 2. The number of carbonyl (C=O) groups excluding carboxylic acids is 1. The SMILES string of the molecule is COc1ccc(CN2C(=O)[C@H](n3cnnn3)[C@@H]2c2ccccc2)cc1OC. The minimum Gasteiger partial charge on any atom is -0.493 e. The van der Waals surface area contributed by atoms with Gasteiger partial charge < -0.3 is 14.4 Å². The largest absolute Gasteiger partial charge is 0.493 e. The van der Waals surface area contributed by atoms with Crippen molar-refractivity contribution < 1.29 is 14.3 Å². The van der Waals surface area contributed by atoms with Crippen LogP contribution in [-0.4, -0.2) is 45.2 Å². The van der Waals surface area contributed by atoms with Crippen LogP contribution in [0.4, 0.5) is 0 Å². The molecule has 3 aromatic rings. The van der Waals surface area contributed by atoms with Crippen molar-refractivity contribution in [3.63, 3.8) is 0 Å². The van der Waals surface area contributed by atoms with Crippen LogP contribution in [0.1, 0.15) is 23.2 Å². The summed E-state index contributed by atoms with van der Waals surface area (Å²) in [5.74, 6) is 1.27. The van der Waals surface area contributed by atoms with E-state index in [1.807, 2.05) is 53.4 Å². The first kappa shape index (κ1) is 17.0. The highest BCUT2D eigenvalue weighted by Crippen LogP contribution is 2.44. The number of ether oxygens (including phenoxy) is 2. The number of aromatic nitrogens is 4. The molecule has 2 aromatic carbocycles. The summed E-state index contributed by atoms with van der Waals surface area (Å²) in [6.07, 6.45) is 1.48. The Morgan fingerprint density at radius 2 is 1.78 bits per heavy atom. The van der Waals surface area contributed by atoms with E-state index in [1.54, 1.807) is 14.2 Å². The van der Waals surface area contributed by atoms with Gasteiger partial charge in [0.2, 0.25) is 0 Å². The summed E-state index contributed by atoms with van der Waals surface area (Å²) in [6, 6.07) is 15.0. The van der Waals surface area contributed by atoms with E-state index < -0.39 is 6.04 Å². The number of tetrazole rings is 1. The number of hydrogen-bond acceptors (Lipinski definition) is 6. The normalized spacial score (nSPS) is 18.9. The number of rotatable bonds is 6. The van der Waals surface area contributed by atoms with Crippen molar-refractivity contribution in [1.29, 1.82) is 0 Å². The Kier molecular flexibility index (Phi) is 4.45. The van der Waals surface area contributed by atoms with Crippen molar-refractivity contribution in [3.05, 3.63) is 66.0 Å². The van der Waals surface area contributed by atoms with Gasteiger partial charge in [-0.05, 0) is 33.7 Å². The van der Waals surface area contributed by atoms with Crippen molar-refractivity contribution >= 4 is 5.91 Å². The predicted octanol–water partition coefficient (Wildman–Crippen LogP) is 2.02. The number of β-lactam (4-membered cyclic amide) rings is 1. The lowest BCUT2D eigenvalue weighted by atomic mass is 9.88. The number of amides is 1. The molecule has 27 heavy (non-hydrogen) atoms. The topological polar surface area (TPSA) is 82.4 Å². The number of carbonyl (C=O) groups is 1. The van der Waals surface area contributed by atoms with Crippen LogP contribution in [-0.2, 0) is 11.3 Å². The van der Waals surface area contributed by atoms with E-state index in [-0.39, 0.29) is 11.9 Å². The number of hydrogen-bond donors (Lipinski definition) is 0. The summed E-state index contributed by atoms with van der Waals surface area (Å²) >= 11 is 0. The second kappa shape index (κ2) is 7.06. The quantitative estimate of drug-likeness (QED) is 0.622. The van der Waals surface area contributed by atoms with Gasteiger partial charge in [-0.3, -0.25) is 4.79 Å². The number of methoxy groups -OCH3 is 2. The molecule has 0 saturated carbocycles. The molecule has 0 bridgehead atoms. The molecular formula is C19H19N5O3. The Morgan fingerprint density at radius 1 is 1.00 bits per heavy atom. The van der Waals surface area contributed by atoms with E-state index in [4.69, 9.17) is 9.47 Å². The summed E-state index contributed by atoms with van der Waals surface area (Å²) in [5, 5.41) is 11.3. The molecule has 1 aliphatic heterocycles. The number of nitrogens with zero attached hydrogens (tertiary/aromatic N) is 5. The van der Waals surface area contributed by atoms with Crippen LogP contribution in [0.15, 0.2) is 54.9 Å². The molecule has 0 spiro atoms. The van der Waals surface area contributed by atoms with Crippen molar-refractivity contribution in [1.82, 2.24) is 25.1 Å². The van der Waals surface area contributed by atoms with E-state index in [0.717, 1.165) is 11.1 Å². The average molecular weight is 365 g/mol. The van der Waals surface area contributed by atoms with Gasteiger partial charge in [0.25, 0.3) is 5.91 Å². The minimum atomic E-state index is -0.442. The highest BCUT2D eigenvalue weighted by molar-refractivity contribution is 5.88. The van der Waals surface area contributed by atoms with Gasteiger partial charge in [0.1, 0.15) is 6.33 Å². The van der Waals surface area contributed by atoms with Crippen molar-refractivity contribution in [2.75, 3.05) is 14.2 Å². The molecule has 0 aliphatic carbocycles. The summed E-state index contributed by atoms with van der Waals surface area (Å²) in [7, 11) is 3.19. The third-order valence-electron chi connectivity index (χ3n) is 4.76. The summed E-state index contributed by atoms with van der Waals surface area (Å²) < 4.78 is 12.2. The Balaban J connectivity index is 1.64. The van der Waals surface area contributed by atoms with Gasteiger partial charge in [-0.2, -0.15) is 0 Å². The molecule has 4 rings (SSSR count). The fourth-order valence-electron chi connectivity index (χ4n) is 3.45. The van der Waals surface area contributed by atoms with Gasteiger partial charge in [0.05, 0.1) is 20.3 Å². The Morgan fingerprint density at radius 3 is 2.44 bits per heavy atom. The first-order chi connectivity index (χ1) is 13.2. The Hall–Kier alpha value is -3.42. The highest BCUT2D eigenvalue weighted by Gasteiger charge is 2.49. The smallest absolute Gasteiger partial charge is 0.251 e. The first-order valence-corrected chi connectivity index (χ1v) is 8.51. The molecule has 1 amide bonds. The number of likely N-dealkylation sites (tertiary alicyclic amines) is 1. The second-order valence-corrected chi connectivity index (χ2v) is 6.25. The third kappa shape index (κ3) is 2.99. The maximum Gasteiger partial charge on any atom is 0.251 e. The van der Waals surface area contributed by atoms with E-state index in [2.05, 4.69) is 15.5 Å². The van der Waals surface area contributed by atoms with Gasteiger partial charge in [0, 0.05) is 6.54 Å². The molecule has 2 atom stereocenters. The Bertz CT molecular complexity index is 930. The van der Waals surface area contributed by atoms with E-state index >= 15 is 0 Å². The molecule has 1 fully saturated rings. The molecule has 1 aliphatic rings. The second-order valence-electron chi connectivity index (χ2n) is 6.25. The van der Waals surface area contributed by atoms with Crippen LogP contribution < -0.4 is 9.47 Å². The lowest BCUT2D eigenvalue weighted by Gasteiger charge is -2.46. The Labute approximate surface area is 156 Å². The summed E-state index contributed by atoms with van der Waals surface area (Å²) in [4.78, 5) is 14.7. The zero-order valence-corrected chi connectivity index (χ0v) is 15.0. The van der Waals surface area contributed by atoms with Gasteiger partial charge in [-0.25, -0.2) is 4.68 Å². The van der Waals surface area contributed by atoms with Gasteiger partial charge in [-0.15, -0.1) is 5.10 Å². The molecular weight excluding hydrogens is 346 g/mol. The molecule has 1 aromatic heterocycles. The van der Waals surface area contributed by atoms with Crippen molar-refractivity contribution in [2.45, 2.75) is 18.6 Å². The van der Waals surface area contributed by atoms with Crippen molar-refractivity contribution in [2.24, 2.45) is 0 Å². The molecule has 8 heteroatoms. The van der Waals surface area contributed by atoms with Crippen LogP contribution >= 0.6 is 0 Å². The van der Waals surface area contributed by atoms with Gasteiger partial charge >= 0.3 is 0 Å². The molecule has 1 saturated heterocycles. The molecule has 0 radical (unpaired) electrons. The summed E-state index contributed by atoms with van der Waals surface area (Å²) in [5.41, 5.74) is 2.00. The van der Waals surface area contributed by atoms with Crippen LogP contribution in [0.2, 0.25) is 0 Å². The maximum absolute atomic E-state index is 12.9. The monoisotopic (exact) mass is 365 g/mol. The van der Waals surface area contributed by atoms with Crippen LogP contribution in [0, 0.1) is 0 Å². The van der Waals surface area contributed by atoms with E-state index in [1.165, 1.54) is 11.0 Å². The first-order valence-electron chi connectivity index (χ1n) is 8.51. The summed E-state index contributed by atoms with van der Waals surface area (Å²) in [6.45, 7) is 0.456. The molecule has 0 unspecified atom stereocenters. The zero-order valence-electron chi connectivity index (χ0n) is 15.0. The lowest BCUT2D eigenvalue weighted by Crippen LogP contribution is -2.55. The molecule has 8 nitrogen and oxygen atoms in total. The van der Waals surface area contributed by atoms with Crippen LogP contribution in [0.5, 0.6) is 11.5 Å². The zero-order chi connectivity index (χ0) is 18.8. The molecule has 0 N–H and O–H groups in total. The van der Waals surface area contributed by atoms with E-state index in [9.17, 15) is 4.79 Å². The lowest BCUT2D eigenvalue weighted by molar-refractivity contribution is -0.157. The fraction of sp³-hybridized carbons (Fsp3) is 0.263. The standard InChI is InChI=1S/C19H19N5O3/c1-26-15-9-8-13(10-16(15)27-2)11-23-17(14-6-4-3-5-7-14)18(19(23)25)24-12-20-21-22-24/h3-10,12,17-18H,11H2,1-2H3/t17-,18+/m0/s1. The minimum absolute atomic E-state index is 0.0223. The van der Waals surface area contributed by atoms with Crippen molar-refractivity contribution in [3.8, 4) is 11.5 Å². The fourth-order valence-corrected chi connectivity index (χ4v) is 3.45. The molecule has 138 valence electrons.